The fraction of sp³-hybridized carbons (Fsp3) is 0.105. The summed E-state index contributed by atoms with van der Waals surface area (Å²) < 4.78 is 6.44. The van der Waals surface area contributed by atoms with Gasteiger partial charge in [-0.15, -0.1) is 0 Å². The Morgan fingerprint density at radius 2 is 1.92 bits per heavy atom. The number of rotatable bonds is 3. The third-order valence-electron chi connectivity index (χ3n) is 4.10. The Morgan fingerprint density at radius 1 is 1.16 bits per heavy atom. The van der Waals surface area contributed by atoms with Crippen LogP contribution in [0.15, 0.2) is 58.4 Å². The van der Waals surface area contributed by atoms with Gasteiger partial charge >= 0.3 is 0 Å². The highest BCUT2D eigenvalue weighted by atomic mass is 16.5. The molecule has 124 valence electrons. The van der Waals surface area contributed by atoms with Crippen LogP contribution in [0.1, 0.15) is 11.4 Å². The molecule has 0 atom stereocenters. The second-order valence-electron chi connectivity index (χ2n) is 5.69. The fourth-order valence-corrected chi connectivity index (χ4v) is 2.81. The number of para-hydroxylation sites is 1. The van der Waals surface area contributed by atoms with Gasteiger partial charge in [0.25, 0.3) is 5.56 Å². The second-order valence-corrected chi connectivity index (χ2v) is 5.69. The normalized spacial score (nSPS) is 11.6. The molecule has 0 amide bonds. The quantitative estimate of drug-likeness (QED) is 0.586. The van der Waals surface area contributed by atoms with E-state index in [0.29, 0.717) is 16.9 Å². The van der Waals surface area contributed by atoms with Gasteiger partial charge in [-0.3, -0.25) is 4.79 Å². The monoisotopic (exact) mass is 332 g/mol. The summed E-state index contributed by atoms with van der Waals surface area (Å²) >= 11 is 0. The molecule has 4 rings (SSSR count). The van der Waals surface area contributed by atoms with Crippen molar-refractivity contribution in [3.05, 3.63) is 70.3 Å². The molecule has 2 aromatic heterocycles. The van der Waals surface area contributed by atoms with Crippen LogP contribution in [0.3, 0.4) is 0 Å². The predicted octanol–water partition coefficient (Wildman–Crippen LogP) is 3.08. The molecule has 2 aromatic carbocycles. The molecule has 6 nitrogen and oxygen atoms in total. The Hall–Kier alpha value is -3.41. The second kappa shape index (κ2) is 5.90. The van der Waals surface area contributed by atoms with Gasteiger partial charge in [0.1, 0.15) is 22.6 Å². The number of aromatic amines is 1. The lowest BCUT2D eigenvalue weighted by atomic mass is 10.2. The Kier molecular flexibility index (Phi) is 3.57. The number of ether oxygens (including phenoxy) is 1. The number of nitrogens with zero attached hydrogens (tertiary/aromatic N) is 3. The maximum Gasteiger partial charge on any atom is 0.298 e. The summed E-state index contributed by atoms with van der Waals surface area (Å²) in [4.78, 5) is 20.5. The SMILES string of the molecule is COc1ccc(/C=N\n2c(C)nc3c([nH]c4ccccc43)c2=O)cc1. The van der Waals surface area contributed by atoms with Crippen molar-refractivity contribution in [2.24, 2.45) is 5.10 Å². The topological polar surface area (TPSA) is 72.3 Å². The molecule has 0 saturated carbocycles. The number of hydrogen-bond donors (Lipinski definition) is 1. The van der Waals surface area contributed by atoms with Crippen LogP contribution in [0.5, 0.6) is 5.75 Å². The van der Waals surface area contributed by atoms with Gasteiger partial charge in [-0.2, -0.15) is 9.78 Å². The summed E-state index contributed by atoms with van der Waals surface area (Å²) in [6, 6.07) is 15.2. The molecule has 1 N–H and O–H groups in total. The minimum absolute atomic E-state index is 0.219. The van der Waals surface area contributed by atoms with Crippen LogP contribution < -0.4 is 10.3 Å². The third kappa shape index (κ3) is 2.57. The van der Waals surface area contributed by atoms with Crippen molar-refractivity contribution in [2.45, 2.75) is 6.92 Å². The maximum atomic E-state index is 12.8. The van der Waals surface area contributed by atoms with Crippen molar-refractivity contribution in [1.29, 1.82) is 0 Å². The molecule has 0 unspecified atom stereocenters. The standard InChI is InChI=1S/C19H16N4O2/c1-12-21-17-15-5-3-4-6-16(15)22-18(17)19(24)23(12)20-11-13-7-9-14(25-2)10-8-13/h3-11,22H,1-2H3/b20-11-. The van der Waals surface area contributed by atoms with E-state index in [2.05, 4.69) is 15.1 Å². The van der Waals surface area contributed by atoms with Gasteiger partial charge in [0.05, 0.1) is 13.3 Å². The van der Waals surface area contributed by atoms with Gasteiger partial charge in [0.2, 0.25) is 0 Å². The van der Waals surface area contributed by atoms with Crippen molar-refractivity contribution in [2.75, 3.05) is 7.11 Å². The van der Waals surface area contributed by atoms with Gasteiger partial charge in [-0.25, -0.2) is 4.98 Å². The van der Waals surface area contributed by atoms with Gasteiger partial charge in [0, 0.05) is 10.9 Å². The van der Waals surface area contributed by atoms with E-state index in [-0.39, 0.29) is 5.56 Å². The lowest BCUT2D eigenvalue weighted by molar-refractivity contribution is 0.415. The molecule has 0 spiro atoms. The number of aromatic nitrogens is 3. The zero-order valence-electron chi connectivity index (χ0n) is 13.9. The molecule has 6 heteroatoms. The van der Waals surface area contributed by atoms with Crippen molar-refractivity contribution < 1.29 is 4.74 Å². The van der Waals surface area contributed by atoms with E-state index >= 15 is 0 Å². The average Bonchev–Trinajstić information content (AvgIpc) is 3.01. The van der Waals surface area contributed by atoms with Gasteiger partial charge < -0.3 is 9.72 Å². The van der Waals surface area contributed by atoms with Crippen LogP contribution >= 0.6 is 0 Å². The van der Waals surface area contributed by atoms with Crippen molar-refractivity contribution >= 4 is 28.2 Å². The zero-order chi connectivity index (χ0) is 17.4. The van der Waals surface area contributed by atoms with E-state index < -0.39 is 0 Å². The molecule has 0 bridgehead atoms. The summed E-state index contributed by atoms with van der Waals surface area (Å²) in [7, 11) is 1.62. The molecule has 0 radical (unpaired) electrons. The van der Waals surface area contributed by atoms with Crippen LogP contribution in [0, 0.1) is 6.92 Å². The van der Waals surface area contributed by atoms with Gasteiger partial charge in [0.15, 0.2) is 0 Å². The number of methoxy groups -OCH3 is 1. The first-order valence-corrected chi connectivity index (χ1v) is 7.86. The molecule has 4 aromatic rings. The lowest BCUT2D eigenvalue weighted by Gasteiger charge is -2.03. The number of H-pyrrole nitrogens is 1. The summed E-state index contributed by atoms with van der Waals surface area (Å²) in [5.74, 6) is 1.30. The van der Waals surface area contributed by atoms with Crippen LogP contribution in [-0.2, 0) is 0 Å². The van der Waals surface area contributed by atoms with E-state index in [9.17, 15) is 4.79 Å². The molecule has 0 aliphatic carbocycles. The highest BCUT2D eigenvalue weighted by Gasteiger charge is 2.12. The van der Waals surface area contributed by atoms with E-state index in [1.165, 1.54) is 4.68 Å². The number of hydrogen-bond acceptors (Lipinski definition) is 4. The Bertz CT molecular complexity index is 1150. The highest BCUT2D eigenvalue weighted by Crippen LogP contribution is 2.21. The minimum atomic E-state index is -0.219. The third-order valence-corrected chi connectivity index (χ3v) is 4.10. The van der Waals surface area contributed by atoms with Crippen LogP contribution in [-0.4, -0.2) is 28.0 Å². The maximum absolute atomic E-state index is 12.8. The summed E-state index contributed by atoms with van der Waals surface area (Å²) in [5.41, 5.74) is 2.67. The van der Waals surface area contributed by atoms with Crippen molar-refractivity contribution in [1.82, 2.24) is 14.6 Å². The zero-order valence-corrected chi connectivity index (χ0v) is 13.9. The number of aryl methyl sites for hydroxylation is 1. The smallest absolute Gasteiger partial charge is 0.298 e. The van der Waals surface area contributed by atoms with E-state index in [1.54, 1.807) is 20.2 Å². The highest BCUT2D eigenvalue weighted by molar-refractivity contribution is 6.04. The minimum Gasteiger partial charge on any atom is -0.497 e. The summed E-state index contributed by atoms with van der Waals surface area (Å²) in [6.07, 6.45) is 1.63. The molecule has 25 heavy (non-hydrogen) atoms. The fourth-order valence-electron chi connectivity index (χ4n) is 2.81. The van der Waals surface area contributed by atoms with Gasteiger partial charge in [-0.1, -0.05) is 18.2 Å². The number of nitrogens with one attached hydrogen (secondary N) is 1. The number of fused-ring (bicyclic) bond motifs is 3. The van der Waals surface area contributed by atoms with E-state index in [4.69, 9.17) is 4.74 Å². The number of benzene rings is 2. The molecule has 0 saturated heterocycles. The first-order chi connectivity index (χ1) is 12.2. The molecular formula is C19H16N4O2. The van der Waals surface area contributed by atoms with Gasteiger partial charge in [-0.05, 0) is 42.8 Å². The first kappa shape index (κ1) is 15.1. The van der Waals surface area contributed by atoms with E-state index in [0.717, 1.165) is 22.2 Å². The largest absolute Gasteiger partial charge is 0.497 e. The Morgan fingerprint density at radius 3 is 2.68 bits per heavy atom. The summed E-state index contributed by atoms with van der Waals surface area (Å²) in [5, 5.41) is 5.24. The van der Waals surface area contributed by atoms with Crippen LogP contribution in [0.4, 0.5) is 0 Å². The van der Waals surface area contributed by atoms with Crippen molar-refractivity contribution in [3.8, 4) is 5.75 Å². The first-order valence-electron chi connectivity index (χ1n) is 7.86. The van der Waals surface area contributed by atoms with Crippen molar-refractivity contribution in [3.63, 3.8) is 0 Å². The molecule has 0 fully saturated rings. The Labute approximate surface area is 143 Å². The lowest BCUT2D eigenvalue weighted by Crippen LogP contribution is -2.20. The summed E-state index contributed by atoms with van der Waals surface area (Å²) in [6.45, 7) is 1.77. The molecular weight excluding hydrogens is 316 g/mol. The van der Waals surface area contributed by atoms with Crippen LogP contribution in [0.2, 0.25) is 0 Å². The Balaban J connectivity index is 1.82. The molecule has 0 aliphatic heterocycles. The molecule has 2 heterocycles. The van der Waals surface area contributed by atoms with E-state index in [1.807, 2.05) is 48.5 Å². The predicted molar refractivity (Wildman–Crippen MR) is 98.6 cm³/mol. The molecule has 0 aliphatic rings. The average molecular weight is 332 g/mol. The van der Waals surface area contributed by atoms with Crippen LogP contribution in [0.25, 0.3) is 21.9 Å².